The van der Waals surface area contributed by atoms with Gasteiger partial charge in [-0.15, -0.1) is 0 Å². The molecule has 0 aromatic rings. The fourth-order valence-corrected chi connectivity index (χ4v) is 5.06. The minimum Gasteiger partial charge on any atom is -0.378 e. The first-order valence-corrected chi connectivity index (χ1v) is 9.95. The van der Waals surface area contributed by atoms with Gasteiger partial charge in [0, 0.05) is 13.5 Å². The summed E-state index contributed by atoms with van der Waals surface area (Å²) < 4.78 is 13.0. The highest BCUT2D eigenvalue weighted by Crippen LogP contribution is 2.48. The van der Waals surface area contributed by atoms with Crippen molar-refractivity contribution in [3.05, 3.63) is 0 Å². The summed E-state index contributed by atoms with van der Waals surface area (Å²) in [6.45, 7) is 11.7. The van der Waals surface area contributed by atoms with Crippen LogP contribution in [0, 0.1) is 11.3 Å². The van der Waals surface area contributed by atoms with Gasteiger partial charge in [-0.25, -0.2) is 0 Å². The molecular formula is C21H40O2. The van der Waals surface area contributed by atoms with E-state index in [4.69, 9.17) is 9.47 Å². The molecule has 0 spiro atoms. The van der Waals surface area contributed by atoms with Crippen LogP contribution in [0.2, 0.25) is 0 Å². The number of methoxy groups -OCH3 is 1. The lowest BCUT2D eigenvalue weighted by atomic mass is 9.67. The second-order valence-corrected chi connectivity index (χ2v) is 9.63. The van der Waals surface area contributed by atoms with Crippen LogP contribution in [0.1, 0.15) is 98.8 Å². The molecule has 0 aromatic carbocycles. The lowest BCUT2D eigenvalue weighted by Gasteiger charge is -2.51. The van der Waals surface area contributed by atoms with Gasteiger partial charge in [0.2, 0.25) is 0 Å². The molecule has 0 aromatic heterocycles. The van der Waals surface area contributed by atoms with Crippen LogP contribution >= 0.6 is 0 Å². The quantitative estimate of drug-likeness (QED) is 0.606. The van der Waals surface area contributed by atoms with Crippen molar-refractivity contribution in [1.82, 2.24) is 0 Å². The van der Waals surface area contributed by atoms with Crippen LogP contribution in [0.3, 0.4) is 0 Å². The number of rotatable bonds is 5. The standard InChI is InChI=1S/C21H40O2/c1-17(2)15-20(22-6)12-10-11-18(16-20)23-21(19(3,4)5)13-8-7-9-14-21/h17-18H,7-16H2,1-6H3/t18-,20?/m0/s1. The van der Waals surface area contributed by atoms with Crippen LogP contribution in [0.4, 0.5) is 0 Å². The molecule has 136 valence electrons. The Hall–Kier alpha value is -0.0800. The third-order valence-electron chi connectivity index (χ3n) is 6.39. The van der Waals surface area contributed by atoms with Crippen molar-refractivity contribution in [3.8, 4) is 0 Å². The predicted molar refractivity (Wildman–Crippen MR) is 97.8 cm³/mol. The summed E-state index contributed by atoms with van der Waals surface area (Å²) in [5.41, 5.74) is 0.341. The van der Waals surface area contributed by atoms with Gasteiger partial charge in [0.25, 0.3) is 0 Å². The molecule has 2 saturated carbocycles. The number of hydrogen-bond donors (Lipinski definition) is 0. The molecule has 0 aliphatic heterocycles. The molecule has 2 atom stereocenters. The van der Waals surface area contributed by atoms with Crippen molar-refractivity contribution in [1.29, 1.82) is 0 Å². The summed E-state index contributed by atoms with van der Waals surface area (Å²) in [5, 5.41) is 0. The van der Waals surface area contributed by atoms with Crippen molar-refractivity contribution in [2.45, 2.75) is 116 Å². The summed E-state index contributed by atoms with van der Waals surface area (Å²) in [4.78, 5) is 0. The van der Waals surface area contributed by atoms with Crippen LogP contribution < -0.4 is 0 Å². The molecule has 2 nitrogen and oxygen atoms in total. The predicted octanol–water partition coefficient (Wildman–Crippen LogP) is 6.13. The molecule has 0 N–H and O–H groups in total. The van der Waals surface area contributed by atoms with Crippen molar-refractivity contribution in [2.24, 2.45) is 11.3 Å². The van der Waals surface area contributed by atoms with Crippen LogP contribution in [-0.2, 0) is 9.47 Å². The van der Waals surface area contributed by atoms with Gasteiger partial charge in [-0.1, -0.05) is 53.9 Å². The fourth-order valence-electron chi connectivity index (χ4n) is 5.06. The average Bonchev–Trinajstić information content (AvgIpc) is 2.46. The van der Waals surface area contributed by atoms with Gasteiger partial charge in [-0.2, -0.15) is 0 Å². The summed E-state index contributed by atoms with van der Waals surface area (Å²) in [7, 11) is 1.91. The molecule has 2 aliphatic carbocycles. The minimum atomic E-state index is 0.0465. The van der Waals surface area contributed by atoms with E-state index in [-0.39, 0.29) is 16.6 Å². The van der Waals surface area contributed by atoms with Crippen molar-refractivity contribution in [3.63, 3.8) is 0 Å². The highest BCUT2D eigenvalue weighted by Gasteiger charge is 2.47. The lowest BCUT2D eigenvalue weighted by Crippen LogP contribution is -2.51. The summed E-state index contributed by atoms with van der Waals surface area (Å²) in [5.74, 6) is 0.681. The maximum absolute atomic E-state index is 6.94. The molecule has 2 fully saturated rings. The Balaban J connectivity index is 2.10. The second-order valence-electron chi connectivity index (χ2n) is 9.63. The maximum Gasteiger partial charge on any atom is 0.0734 e. The zero-order valence-electron chi connectivity index (χ0n) is 16.5. The van der Waals surface area contributed by atoms with Crippen molar-refractivity contribution < 1.29 is 9.47 Å². The van der Waals surface area contributed by atoms with E-state index in [2.05, 4.69) is 34.6 Å². The van der Waals surface area contributed by atoms with Gasteiger partial charge in [0.05, 0.1) is 17.3 Å². The largest absolute Gasteiger partial charge is 0.378 e. The Labute approximate surface area is 144 Å². The topological polar surface area (TPSA) is 18.5 Å². The van der Waals surface area contributed by atoms with E-state index in [0.717, 1.165) is 12.8 Å². The van der Waals surface area contributed by atoms with E-state index < -0.39 is 0 Å². The zero-order chi connectivity index (χ0) is 17.1. The summed E-state index contributed by atoms with van der Waals surface area (Å²) in [6, 6.07) is 0. The fraction of sp³-hybridized carbons (Fsp3) is 1.00. The first-order valence-electron chi connectivity index (χ1n) is 9.95. The monoisotopic (exact) mass is 324 g/mol. The molecule has 0 heterocycles. The van der Waals surface area contributed by atoms with E-state index in [1.807, 2.05) is 7.11 Å². The number of hydrogen-bond acceptors (Lipinski definition) is 2. The zero-order valence-corrected chi connectivity index (χ0v) is 16.5. The first kappa shape index (κ1) is 19.2. The highest BCUT2D eigenvalue weighted by molar-refractivity contribution is 4.97. The first-order chi connectivity index (χ1) is 10.7. The van der Waals surface area contributed by atoms with Gasteiger partial charge in [-0.05, 0) is 49.9 Å². The van der Waals surface area contributed by atoms with Gasteiger partial charge in [0.1, 0.15) is 0 Å². The Morgan fingerprint density at radius 1 is 1.00 bits per heavy atom. The molecule has 0 amide bonds. The van der Waals surface area contributed by atoms with E-state index in [1.165, 1.54) is 51.4 Å². The SMILES string of the molecule is COC1(CC(C)C)CCC[C@H](OC2(C(C)(C)C)CCCCC2)C1. The molecule has 2 rings (SSSR count). The van der Waals surface area contributed by atoms with Crippen LogP contribution in [-0.4, -0.2) is 24.4 Å². The number of ether oxygens (including phenoxy) is 2. The minimum absolute atomic E-state index is 0.0465. The smallest absolute Gasteiger partial charge is 0.0734 e. The van der Waals surface area contributed by atoms with Crippen LogP contribution in [0.25, 0.3) is 0 Å². The van der Waals surface area contributed by atoms with Crippen LogP contribution in [0.15, 0.2) is 0 Å². The van der Waals surface area contributed by atoms with Gasteiger partial charge in [0.15, 0.2) is 0 Å². The highest BCUT2D eigenvalue weighted by atomic mass is 16.5. The van der Waals surface area contributed by atoms with Gasteiger partial charge >= 0.3 is 0 Å². The molecule has 23 heavy (non-hydrogen) atoms. The third-order valence-corrected chi connectivity index (χ3v) is 6.39. The Kier molecular flexibility index (Phi) is 6.22. The molecule has 0 radical (unpaired) electrons. The van der Waals surface area contributed by atoms with Gasteiger partial charge in [-0.3, -0.25) is 0 Å². The van der Waals surface area contributed by atoms with E-state index in [9.17, 15) is 0 Å². The molecule has 0 saturated heterocycles. The normalized spacial score (nSPS) is 32.2. The molecular weight excluding hydrogens is 284 g/mol. The Morgan fingerprint density at radius 3 is 2.17 bits per heavy atom. The Bertz CT molecular complexity index is 363. The summed E-state index contributed by atoms with van der Waals surface area (Å²) in [6.07, 6.45) is 12.8. The maximum atomic E-state index is 6.94. The average molecular weight is 325 g/mol. The van der Waals surface area contributed by atoms with E-state index in [1.54, 1.807) is 0 Å². The molecule has 2 heteroatoms. The van der Waals surface area contributed by atoms with E-state index >= 15 is 0 Å². The Morgan fingerprint density at radius 2 is 1.65 bits per heavy atom. The molecule has 1 unspecified atom stereocenters. The van der Waals surface area contributed by atoms with E-state index in [0.29, 0.717) is 12.0 Å². The molecule has 2 aliphatic rings. The third kappa shape index (κ3) is 4.51. The van der Waals surface area contributed by atoms with Crippen molar-refractivity contribution in [2.75, 3.05) is 7.11 Å². The van der Waals surface area contributed by atoms with Gasteiger partial charge < -0.3 is 9.47 Å². The van der Waals surface area contributed by atoms with Crippen molar-refractivity contribution >= 4 is 0 Å². The second kappa shape index (κ2) is 7.44. The summed E-state index contributed by atoms with van der Waals surface area (Å²) >= 11 is 0. The lowest BCUT2D eigenvalue weighted by molar-refractivity contribution is -0.200. The van der Waals surface area contributed by atoms with Crippen LogP contribution in [0.5, 0.6) is 0 Å². The molecule has 0 bridgehead atoms.